The maximum atomic E-state index is 9.53. The van der Waals surface area contributed by atoms with Crippen LogP contribution in [0.2, 0.25) is 0 Å². The fourth-order valence-electron chi connectivity index (χ4n) is 3.78. The Morgan fingerprint density at radius 1 is 0.583 bits per heavy atom. The molecule has 120 valence electrons. The second-order valence-corrected chi connectivity index (χ2v) is 6.21. The van der Waals surface area contributed by atoms with Crippen LogP contribution in [0.3, 0.4) is 0 Å². The van der Waals surface area contributed by atoms with E-state index in [-0.39, 0.29) is 13.2 Å². The highest BCUT2D eigenvalue weighted by atomic mass is 16.3. The Labute approximate surface area is 141 Å². The average molecular weight is 316 g/mol. The second-order valence-electron chi connectivity index (χ2n) is 6.21. The quantitative estimate of drug-likeness (QED) is 0.554. The second kappa shape index (κ2) is 6.23. The van der Waals surface area contributed by atoms with Crippen molar-refractivity contribution < 1.29 is 10.2 Å². The largest absolute Gasteiger partial charge is 0.396 e. The molecule has 0 fully saturated rings. The molecule has 2 nitrogen and oxygen atoms in total. The summed E-state index contributed by atoms with van der Waals surface area (Å²) in [6.45, 7) is 0.282. The molecule has 2 heteroatoms. The van der Waals surface area contributed by atoms with Gasteiger partial charge in [-0.05, 0) is 62.4 Å². The van der Waals surface area contributed by atoms with E-state index < -0.39 is 0 Å². The molecule has 0 aliphatic heterocycles. The van der Waals surface area contributed by atoms with Crippen molar-refractivity contribution in [3.05, 3.63) is 71.8 Å². The Morgan fingerprint density at radius 2 is 1.21 bits per heavy atom. The maximum absolute atomic E-state index is 9.53. The van der Waals surface area contributed by atoms with E-state index in [1.54, 1.807) is 0 Å². The molecule has 0 saturated carbocycles. The maximum Gasteiger partial charge on any atom is 0.0471 e. The van der Waals surface area contributed by atoms with Crippen molar-refractivity contribution in [1.29, 1.82) is 0 Å². The molecule has 2 N–H and O–H groups in total. The molecule has 0 radical (unpaired) electrons. The zero-order valence-electron chi connectivity index (χ0n) is 13.5. The van der Waals surface area contributed by atoms with Crippen LogP contribution >= 0.6 is 0 Å². The normalized spacial score (nSPS) is 11.6. The molecule has 4 rings (SSSR count). The molecule has 0 heterocycles. The number of rotatable bonds is 4. The third kappa shape index (κ3) is 2.35. The summed E-state index contributed by atoms with van der Waals surface area (Å²) in [5.41, 5.74) is 2.35. The number of aliphatic hydroxyl groups is 2. The minimum absolute atomic E-state index is 0.139. The Balaban J connectivity index is 2.24. The van der Waals surface area contributed by atoms with Gasteiger partial charge < -0.3 is 10.2 Å². The molecule has 0 aromatic heterocycles. The highest BCUT2D eigenvalue weighted by molar-refractivity contribution is 6.19. The standard InChI is InChI=1S/C22H20O2/c23-11-9-16-14-21-19-7-2-1-5-15(19)13-17(10-12-24)22(21)20-8-4-3-6-18(16)20/h1-8,13-14,23-24H,9-12H2. The van der Waals surface area contributed by atoms with Crippen molar-refractivity contribution in [3.63, 3.8) is 0 Å². The number of benzene rings is 4. The smallest absolute Gasteiger partial charge is 0.0471 e. The van der Waals surface area contributed by atoms with Crippen molar-refractivity contribution in [3.8, 4) is 0 Å². The highest BCUT2D eigenvalue weighted by Crippen LogP contribution is 2.36. The number of hydrogen-bond acceptors (Lipinski definition) is 2. The summed E-state index contributed by atoms with van der Waals surface area (Å²) >= 11 is 0. The molecule has 0 aliphatic carbocycles. The number of hydrogen-bond donors (Lipinski definition) is 2. The van der Waals surface area contributed by atoms with E-state index in [0.717, 1.165) is 0 Å². The van der Waals surface area contributed by atoms with Gasteiger partial charge in [0.2, 0.25) is 0 Å². The van der Waals surface area contributed by atoms with Crippen LogP contribution < -0.4 is 0 Å². The van der Waals surface area contributed by atoms with Crippen LogP contribution in [0.5, 0.6) is 0 Å². The first-order valence-electron chi connectivity index (χ1n) is 8.40. The molecule has 0 aliphatic rings. The Hall–Kier alpha value is -2.42. The first-order chi connectivity index (χ1) is 11.8. The first-order valence-corrected chi connectivity index (χ1v) is 8.40. The Bertz CT molecular complexity index is 1030. The van der Waals surface area contributed by atoms with Gasteiger partial charge in [-0.2, -0.15) is 0 Å². The third-order valence-electron chi connectivity index (χ3n) is 4.79. The summed E-state index contributed by atoms with van der Waals surface area (Å²) in [6.07, 6.45) is 1.29. The summed E-state index contributed by atoms with van der Waals surface area (Å²) in [6, 6.07) is 21.2. The predicted molar refractivity (Wildman–Crippen MR) is 101 cm³/mol. The Kier molecular flexibility index (Phi) is 3.93. The summed E-state index contributed by atoms with van der Waals surface area (Å²) in [7, 11) is 0. The average Bonchev–Trinajstić information content (AvgIpc) is 2.62. The number of fused-ring (bicyclic) bond motifs is 5. The van der Waals surface area contributed by atoms with Crippen LogP contribution in [0.4, 0.5) is 0 Å². The van der Waals surface area contributed by atoms with Gasteiger partial charge in [0.1, 0.15) is 0 Å². The van der Waals surface area contributed by atoms with Crippen LogP contribution in [0.1, 0.15) is 11.1 Å². The van der Waals surface area contributed by atoms with Crippen LogP contribution in [-0.4, -0.2) is 23.4 Å². The van der Waals surface area contributed by atoms with Crippen molar-refractivity contribution in [2.24, 2.45) is 0 Å². The summed E-state index contributed by atoms with van der Waals surface area (Å²) in [5, 5.41) is 26.2. The molecule has 24 heavy (non-hydrogen) atoms. The lowest BCUT2D eigenvalue weighted by Crippen LogP contribution is -1.97. The summed E-state index contributed by atoms with van der Waals surface area (Å²) in [4.78, 5) is 0. The first kappa shape index (κ1) is 15.1. The topological polar surface area (TPSA) is 40.5 Å². The van der Waals surface area contributed by atoms with E-state index in [9.17, 15) is 10.2 Å². The lowest BCUT2D eigenvalue weighted by atomic mass is 9.89. The fraction of sp³-hybridized carbons (Fsp3) is 0.182. The van der Waals surface area contributed by atoms with Gasteiger partial charge in [-0.25, -0.2) is 0 Å². The molecule has 0 unspecified atom stereocenters. The zero-order chi connectivity index (χ0) is 16.5. The third-order valence-corrected chi connectivity index (χ3v) is 4.79. The monoisotopic (exact) mass is 316 g/mol. The molecule has 0 atom stereocenters. The predicted octanol–water partition coefficient (Wildman–Crippen LogP) is 4.22. The highest BCUT2D eigenvalue weighted by Gasteiger charge is 2.12. The molecule has 0 amide bonds. The minimum atomic E-state index is 0.139. The van der Waals surface area contributed by atoms with Crippen LogP contribution in [0, 0.1) is 0 Å². The van der Waals surface area contributed by atoms with Crippen molar-refractivity contribution in [2.75, 3.05) is 13.2 Å². The van der Waals surface area contributed by atoms with E-state index in [4.69, 9.17) is 0 Å². The molecule has 0 bridgehead atoms. The summed E-state index contributed by atoms with van der Waals surface area (Å²) < 4.78 is 0. The molecule has 4 aromatic carbocycles. The van der Waals surface area contributed by atoms with Gasteiger partial charge >= 0.3 is 0 Å². The molecule has 0 saturated heterocycles. The molecule has 4 aromatic rings. The van der Waals surface area contributed by atoms with Crippen molar-refractivity contribution >= 4 is 32.3 Å². The number of aliphatic hydroxyl groups excluding tert-OH is 2. The van der Waals surface area contributed by atoms with Gasteiger partial charge in [0.25, 0.3) is 0 Å². The van der Waals surface area contributed by atoms with Gasteiger partial charge in [0, 0.05) is 13.2 Å². The fourth-order valence-corrected chi connectivity index (χ4v) is 3.78. The van der Waals surface area contributed by atoms with Crippen LogP contribution in [-0.2, 0) is 12.8 Å². The van der Waals surface area contributed by atoms with E-state index in [1.807, 2.05) is 12.1 Å². The van der Waals surface area contributed by atoms with Gasteiger partial charge in [0.15, 0.2) is 0 Å². The van der Waals surface area contributed by atoms with E-state index in [2.05, 4.69) is 48.5 Å². The van der Waals surface area contributed by atoms with Crippen LogP contribution in [0.15, 0.2) is 60.7 Å². The van der Waals surface area contributed by atoms with E-state index in [0.29, 0.717) is 12.8 Å². The lowest BCUT2D eigenvalue weighted by molar-refractivity contribution is 0.300. The molecular formula is C22H20O2. The minimum Gasteiger partial charge on any atom is -0.396 e. The van der Waals surface area contributed by atoms with Crippen molar-refractivity contribution in [2.45, 2.75) is 12.8 Å². The lowest BCUT2D eigenvalue weighted by Gasteiger charge is -2.15. The van der Waals surface area contributed by atoms with E-state index in [1.165, 1.54) is 43.4 Å². The molecular weight excluding hydrogens is 296 g/mol. The van der Waals surface area contributed by atoms with E-state index >= 15 is 0 Å². The molecule has 0 spiro atoms. The van der Waals surface area contributed by atoms with Crippen molar-refractivity contribution in [1.82, 2.24) is 0 Å². The Morgan fingerprint density at radius 3 is 1.96 bits per heavy atom. The van der Waals surface area contributed by atoms with Crippen LogP contribution in [0.25, 0.3) is 32.3 Å². The van der Waals surface area contributed by atoms with Gasteiger partial charge in [0.05, 0.1) is 0 Å². The summed E-state index contributed by atoms with van der Waals surface area (Å²) in [5.74, 6) is 0. The van der Waals surface area contributed by atoms with Gasteiger partial charge in [-0.3, -0.25) is 0 Å². The van der Waals surface area contributed by atoms with Gasteiger partial charge in [-0.1, -0.05) is 54.6 Å². The SMILES string of the molecule is OCCc1cc2c3ccccc3cc(CCO)c2c2ccccc12. The van der Waals surface area contributed by atoms with Gasteiger partial charge in [-0.15, -0.1) is 0 Å². The zero-order valence-corrected chi connectivity index (χ0v) is 13.5.